The topological polar surface area (TPSA) is 46.9 Å². The molecule has 2 heterocycles. The van der Waals surface area contributed by atoms with Crippen LogP contribution in [0.25, 0.3) is 0 Å². The summed E-state index contributed by atoms with van der Waals surface area (Å²) in [6, 6.07) is 2.86. The molecule has 0 saturated carbocycles. The highest BCUT2D eigenvalue weighted by atomic mass is 19.1. The molecule has 0 spiro atoms. The van der Waals surface area contributed by atoms with E-state index in [1.165, 1.54) is 0 Å². The second-order valence-corrected chi connectivity index (χ2v) is 4.82. The molecule has 3 rings (SSSR count). The molecule has 20 heavy (non-hydrogen) atoms. The second-order valence-electron chi connectivity index (χ2n) is 4.82. The Morgan fingerprint density at radius 3 is 3.05 bits per heavy atom. The number of hydrogen-bond acceptors (Lipinski definition) is 2. The van der Waals surface area contributed by atoms with Crippen molar-refractivity contribution in [3.63, 3.8) is 0 Å². The van der Waals surface area contributed by atoms with Gasteiger partial charge in [0.05, 0.1) is 5.56 Å². The van der Waals surface area contributed by atoms with E-state index in [4.69, 9.17) is 0 Å². The van der Waals surface area contributed by atoms with E-state index in [0.717, 1.165) is 30.9 Å². The van der Waals surface area contributed by atoms with E-state index in [0.29, 0.717) is 12.5 Å². The van der Waals surface area contributed by atoms with E-state index in [-0.39, 0.29) is 11.6 Å². The number of nitrogens with one attached hydrogen (secondary N) is 1. The predicted molar refractivity (Wildman–Crippen MR) is 68.2 cm³/mol. The Hall–Kier alpha value is -2.24. The van der Waals surface area contributed by atoms with Crippen molar-refractivity contribution in [2.75, 3.05) is 0 Å². The number of rotatable bonds is 2. The van der Waals surface area contributed by atoms with Crippen molar-refractivity contribution in [1.29, 1.82) is 0 Å². The Morgan fingerprint density at radius 2 is 2.25 bits per heavy atom. The van der Waals surface area contributed by atoms with Gasteiger partial charge in [-0.05, 0) is 18.6 Å². The van der Waals surface area contributed by atoms with E-state index in [1.807, 2.05) is 10.8 Å². The SMILES string of the molecule is O=C(NC1CCn2ccnc2C1)c1ccc(F)cc1F. The summed E-state index contributed by atoms with van der Waals surface area (Å²) in [6.45, 7) is 0.770. The van der Waals surface area contributed by atoms with Crippen LogP contribution in [0.3, 0.4) is 0 Å². The van der Waals surface area contributed by atoms with Gasteiger partial charge < -0.3 is 9.88 Å². The average molecular weight is 277 g/mol. The fourth-order valence-electron chi connectivity index (χ4n) is 2.41. The summed E-state index contributed by atoms with van der Waals surface area (Å²) in [7, 11) is 0. The molecule has 0 saturated heterocycles. The zero-order valence-corrected chi connectivity index (χ0v) is 10.6. The number of carbonyl (C=O) groups is 1. The molecule has 2 aromatic rings. The minimum absolute atomic E-state index is 0.0816. The number of nitrogens with zero attached hydrogens (tertiary/aromatic N) is 2. The van der Waals surface area contributed by atoms with Crippen LogP contribution in [0.1, 0.15) is 22.6 Å². The highest BCUT2D eigenvalue weighted by Crippen LogP contribution is 2.15. The molecule has 104 valence electrons. The molecule has 1 aliphatic heterocycles. The quantitative estimate of drug-likeness (QED) is 0.911. The number of amides is 1. The van der Waals surface area contributed by atoms with Crippen molar-refractivity contribution >= 4 is 5.91 Å². The molecule has 1 aromatic heterocycles. The van der Waals surface area contributed by atoms with E-state index in [2.05, 4.69) is 10.3 Å². The van der Waals surface area contributed by atoms with Gasteiger partial charge in [-0.1, -0.05) is 0 Å². The average Bonchev–Trinajstić information content (AvgIpc) is 2.85. The highest BCUT2D eigenvalue weighted by molar-refractivity contribution is 5.94. The van der Waals surface area contributed by atoms with Gasteiger partial charge in [-0.15, -0.1) is 0 Å². The molecular weight excluding hydrogens is 264 g/mol. The zero-order valence-electron chi connectivity index (χ0n) is 10.6. The maximum atomic E-state index is 13.5. The van der Waals surface area contributed by atoms with Crippen LogP contribution in [0.5, 0.6) is 0 Å². The lowest BCUT2D eigenvalue weighted by Gasteiger charge is -2.24. The van der Waals surface area contributed by atoms with E-state index < -0.39 is 17.5 Å². The summed E-state index contributed by atoms with van der Waals surface area (Å²) in [5, 5.41) is 2.77. The molecule has 0 fully saturated rings. The van der Waals surface area contributed by atoms with Gasteiger partial charge in [0.25, 0.3) is 5.91 Å². The number of carbonyl (C=O) groups excluding carboxylic acids is 1. The molecule has 1 unspecified atom stereocenters. The molecule has 0 bridgehead atoms. The van der Waals surface area contributed by atoms with Gasteiger partial charge in [0.2, 0.25) is 0 Å². The van der Waals surface area contributed by atoms with Crippen molar-refractivity contribution < 1.29 is 13.6 Å². The van der Waals surface area contributed by atoms with Crippen molar-refractivity contribution in [3.05, 3.63) is 53.6 Å². The number of aryl methyl sites for hydroxylation is 1. The minimum atomic E-state index is -0.847. The number of benzene rings is 1. The third-order valence-corrected chi connectivity index (χ3v) is 3.46. The summed E-state index contributed by atoms with van der Waals surface area (Å²) in [5.74, 6) is -1.16. The van der Waals surface area contributed by atoms with Crippen molar-refractivity contribution in [2.45, 2.75) is 25.4 Å². The molecular formula is C14H13F2N3O. The third-order valence-electron chi connectivity index (χ3n) is 3.46. The first-order valence-electron chi connectivity index (χ1n) is 6.39. The summed E-state index contributed by atoms with van der Waals surface area (Å²) in [6.07, 6.45) is 4.99. The van der Waals surface area contributed by atoms with Crippen molar-refractivity contribution in [3.8, 4) is 0 Å². The fourth-order valence-corrected chi connectivity index (χ4v) is 2.41. The van der Waals surface area contributed by atoms with Crippen LogP contribution in [0, 0.1) is 11.6 Å². The van der Waals surface area contributed by atoms with Crippen LogP contribution in [-0.2, 0) is 13.0 Å². The maximum absolute atomic E-state index is 13.5. The highest BCUT2D eigenvalue weighted by Gasteiger charge is 2.22. The van der Waals surface area contributed by atoms with Gasteiger partial charge in [0, 0.05) is 37.5 Å². The lowest BCUT2D eigenvalue weighted by molar-refractivity contribution is 0.0926. The zero-order chi connectivity index (χ0) is 14.1. The first-order chi connectivity index (χ1) is 9.63. The van der Waals surface area contributed by atoms with Gasteiger partial charge in [-0.25, -0.2) is 13.8 Å². The molecule has 1 atom stereocenters. The molecule has 1 amide bonds. The van der Waals surface area contributed by atoms with E-state index in [9.17, 15) is 13.6 Å². The largest absolute Gasteiger partial charge is 0.349 e. The molecule has 0 radical (unpaired) electrons. The van der Waals surface area contributed by atoms with Gasteiger partial charge in [-0.2, -0.15) is 0 Å². The van der Waals surface area contributed by atoms with E-state index >= 15 is 0 Å². The van der Waals surface area contributed by atoms with Crippen molar-refractivity contribution in [1.82, 2.24) is 14.9 Å². The number of aromatic nitrogens is 2. The Labute approximate surface area is 114 Å². The first-order valence-corrected chi connectivity index (χ1v) is 6.39. The summed E-state index contributed by atoms with van der Waals surface area (Å²) < 4.78 is 28.4. The molecule has 1 aliphatic rings. The first kappa shape index (κ1) is 12.8. The van der Waals surface area contributed by atoms with E-state index in [1.54, 1.807) is 6.20 Å². The van der Waals surface area contributed by atoms with Gasteiger partial charge in [0.15, 0.2) is 0 Å². The molecule has 4 nitrogen and oxygen atoms in total. The number of halogens is 2. The normalized spacial score (nSPS) is 17.6. The number of hydrogen-bond donors (Lipinski definition) is 1. The predicted octanol–water partition coefficient (Wildman–Crippen LogP) is 1.91. The Kier molecular flexibility index (Phi) is 3.22. The van der Waals surface area contributed by atoms with Crippen LogP contribution >= 0.6 is 0 Å². The number of imidazole rings is 1. The second kappa shape index (κ2) is 5.03. The Bertz CT molecular complexity index is 654. The Balaban J connectivity index is 1.71. The van der Waals surface area contributed by atoms with Gasteiger partial charge >= 0.3 is 0 Å². The standard InChI is InChI=1S/C14H13F2N3O/c15-9-1-2-11(12(16)7-9)14(20)18-10-3-5-19-6-4-17-13(19)8-10/h1-2,4,6-7,10H,3,5,8H2,(H,18,20). The monoisotopic (exact) mass is 277 g/mol. The summed E-state index contributed by atoms with van der Waals surface area (Å²) >= 11 is 0. The van der Waals surface area contributed by atoms with Crippen LogP contribution in [0.4, 0.5) is 8.78 Å². The lowest BCUT2D eigenvalue weighted by atomic mass is 10.1. The Morgan fingerprint density at radius 1 is 1.40 bits per heavy atom. The minimum Gasteiger partial charge on any atom is -0.349 e. The van der Waals surface area contributed by atoms with Crippen LogP contribution < -0.4 is 5.32 Å². The lowest BCUT2D eigenvalue weighted by Crippen LogP contribution is -2.40. The fraction of sp³-hybridized carbons (Fsp3) is 0.286. The van der Waals surface area contributed by atoms with Gasteiger partial charge in [0.1, 0.15) is 17.5 Å². The van der Waals surface area contributed by atoms with Gasteiger partial charge in [-0.3, -0.25) is 4.79 Å². The molecule has 1 aromatic carbocycles. The molecule has 1 N–H and O–H groups in total. The maximum Gasteiger partial charge on any atom is 0.254 e. The summed E-state index contributed by atoms with van der Waals surface area (Å²) in [4.78, 5) is 16.2. The molecule has 0 aliphatic carbocycles. The van der Waals surface area contributed by atoms with Crippen LogP contribution in [-0.4, -0.2) is 21.5 Å². The number of fused-ring (bicyclic) bond motifs is 1. The third kappa shape index (κ3) is 2.41. The smallest absolute Gasteiger partial charge is 0.254 e. The summed E-state index contributed by atoms with van der Waals surface area (Å²) in [5.41, 5.74) is -0.139. The molecule has 6 heteroatoms. The van der Waals surface area contributed by atoms with Crippen LogP contribution in [0.15, 0.2) is 30.6 Å². The van der Waals surface area contributed by atoms with Crippen LogP contribution in [0.2, 0.25) is 0 Å². The van der Waals surface area contributed by atoms with Crippen molar-refractivity contribution in [2.24, 2.45) is 0 Å².